The van der Waals surface area contributed by atoms with Gasteiger partial charge in [0.2, 0.25) is 5.91 Å². The Bertz CT molecular complexity index is 1210. The van der Waals surface area contributed by atoms with Crippen LogP contribution >= 0.6 is 11.3 Å². The van der Waals surface area contributed by atoms with E-state index in [-0.39, 0.29) is 17.9 Å². The lowest BCUT2D eigenvalue weighted by Gasteiger charge is -2.05. The van der Waals surface area contributed by atoms with E-state index in [9.17, 15) is 14.7 Å². The van der Waals surface area contributed by atoms with Gasteiger partial charge in [0.1, 0.15) is 5.75 Å². The van der Waals surface area contributed by atoms with Crippen LogP contribution in [0.4, 0.5) is 5.13 Å². The molecule has 0 spiro atoms. The predicted molar refractivity (Wildman–Crippen MR) is 112 cm³/mol. The van der Waals surface area contributed by atoms with Crippen LogP contribution in [0.3, 0.4) is 0 Å². The molecule has 2 aromatic carbocycles. The first-order chi connectivity index (χ1) is 14.0. The van der Waals surface area contributed by atoms with Crippen molar-refractivity contribution in [2.45, 2.75) is 6.42 Å². The topological polar surface area (TPSA) is 104 Å². The van der Waals surface area contributed by atoms with E-state index < -0.39 is 5.97 Å². The van der Waals surface area contributed by atoms with Crippen LogP contribution in [0, 0.1) is 0 Å². The number of methoxy groups -OCH3 is 1. The minimum absolute atomic E-state index is 0.0400. The zero-order valence-electron chi connectivity index (χ0n) is 15.4. The molecule has 0 aliphatic carbocycles. The van der Waals surface area contributed by atoms with Gasteiger partial charge in [0.05, 0.1) is 24.8 Å². The number of aromatic amines is 1. The molecule has 4 rings (SSSR count). The van der Waals surface area contributed by atoms with Crippen LogP contribution in [0.2, 0.25) is 0 Å². The summed E-state index contributed by atoms with van der Waals surface area (Å²) in [5.41, 5.74) is 3.18. The molecule has 2 aromatic heterocycles. The van der Waals surface area contributed by atoms with Gasteiger partial charge in [0.25, 0.3) is 0 Å². The molecule has 0 saturated heterocycles. The maximum atomic E-state index is 12.4. The van der Waals surface area contributed by atoms with E-state index in [0.717, 1.165) is 27.9 Å². The van der Waals surface area contributed by atoms with Crippen LogP contribution in [0.25, 0.3) is 22.2 Å². The molecule has 0 radical (unpaired) electrons. The smallest absolute Gasteiger partial charge is 0.335 e. The number of carboxylic acid groups (broad SMARTS) is 1. The number of nitrogens with zero attached hydrogens (tertiary/aromatic N) is 1. The number of H-pyrrole nitrogens is 1. The molecule has 0 unspecified atom stereocenters. The van der Waals surface area contributed by atoms with Crippen LogP contribution < -0.4 is 10.1 Å². The number of fused-ring (bicyclic) bond motifs is 1. The fourth-order valence-electron chi connectivity index (χ4n) is 3.11. The minimum Gasteiger partial charge on any atom is -0.497 e. The number of carbonyl (C=O) groups is 2. The fraction of sp³-hybridized carbons (Fsp3) is 0.0952. The Kier molecular flexibility index (Phi) is 5.01. The number of carbonyl (C=O) groups excluding carboxylic acids is 1. The van der Waals surface area contributed by atoms with Gasteiger partial charge in [0.15, 0.2) is 5.13 Å². The number of aromatic carboxylic acids is 1. The molecule has 7 nitrogen and oxygen atoms in total. The van der Waals surface area contributed by atoms with Crippen molar-refractivity contribution in [2.24, 2.45) is 0 Å². The highest BCUT2D eigenvalue weighted by Gasteiger charge is 2.15. The highest BCUT2D eigenvalue weighted by Crippen LogP contribution is 2.33. The first-order valence-corrected chi connectivity index (χ1v) is 9.65. The molecule has 146 valence electrons. The number of amides is 1. The van der Waals surface area contributed by atoms with Crippen molar-refractivity contribution in [2.75, 3.05) is 12.4 Å². The van der Waals surface area contributed by atoms with Gasteiger partial charge in [-0.05, 0) is 29.8 Å². The molecule has 8 heteroatoms. The van der Waals surface area contributed by atoms with Crippen molar-refractivity contribution >= 4 is 39.2 Å². The van der Waals surface area contributed by atoms with Gasteiger partial charge in [-0.15, -0.1) is 11.3 Å². The van der Waals surface area contributed by atoms with Crippen LogP contribution in [0.5, 0.6) is 5.75 Å². The molecule has 0 aliphatic rings. The lowest BCUT2D eigenvalue weighted by molar-refractivity contribution is -0.115. The van der Waals surface area contributed by atoms with Gasteiger partial charge in [-0.3, -0.25) is 4.79 Å². The number of ether oxygens (including phenoxy) is 1. The average Bonchev–Trinajstić information content (AvgIpc) is 3.34. The maximum absolute atomic E-state index is 12.4. The quantitative estimate of drug-likeness (QED) is 0.445. The molecule has 1 amide bonds. The summed E-state index contributed by atoms with van der Waals surface area (Å²) in [5.74, 6) is -0.626. The first-order valence-electron chi connectivity index (χ1n) is 8.77. The van der Waals surface area contributed by atoms with E-state index in [2.05, 4.69) is 15.3 Å². The summed E-state index contributed by atoms with van der Waals surface area (Å²) in [6, 6.07) is 12.2. The van der Waals surface area contributed by atoms with Gasteiger partial charge in [-0.1, -0.05) is 18.2 Å². The van der Waals surface area contributed by atoms with E-state index in [1.54, 1.807) is 25.3 Å². The van der Waals surface area contributed by atoms with Gasteiger partial charge >= 0.3 is 5.97 Å². The number of hydrogen-bond acceptors (Lipinski definition) is 5. The number of carboxylic acids is 1. The number of thiazole rings is 1. The third-order valence-corrected chi connectivity index (χ3v) is 5.27. The van der Waals surface area contributed by atoms with E-state index in [4.69, 9.17) is 4.74 Å². The second-order valence-corrected chi connectivity index (χ2v) is 7.20. The summed E-state index contributed by atoms with van der Waals surface area (Å²) in [7, 11) is 1.62. The molecule has 0 atom stereocenters. The molecule has 0 saturated carbocycles. The molecule has 0 aliphatic heterocycles. The number of benzene rings is 2. The highest BCUT2D eigenvalue weighted by atomic mass is 32.1. The van der Waals surface area contributed by atoms with Crippen LogP contribution in [0.1, 0.15) is 15.9 Å². The Labute approximate surface area is 170 Å². The third-order valence-electron chi connectivity index (χ3n) is 4.51. The Balaban J connectivity index is 1.53. The van der Waals surface area contributed by atoms with Crippen molar-refractivity contribution in [1.82, 2.24) is 9.97 Å². The molecule has 0 bridgehead atoms. The first kappa shape index (κ1) is 18.7. The van der Waals surface area contributed by atoms with Gasteiger partial charge in [0, 0.05) is 28.0 Å². The summed E-state index contributed by atoms with van der Waals surface area (Å²) in [5, 5.41) is 15.3. The minimum atomic E-state index is -1.06. The second kappa shape index (κ2) is 7.76. The Morgan fingerprint density at radius 3 is 2.86 bits per heavy atom. The van der Waals surface area contributed by atoms with Crippen molar-refractivity contribution < 1.29 is 19.4 Å². The van der Waals surface area contributed by atoms with E-state index in [1.807, 2.05) is 29.8 Å². The maximum Gasteiger partial charge on any atom is 0.335 e. The SMILES string of the molecule is COc1ccc2[nH]cc(-c3csc(NC(=O)Cc4ccccc4C(=O)O)n3)c2c1. The van der Waals surface area contributed by atoms with Crippen molar-refractivity contribution in [3.63, 3.8) is 0 Å². The molecule has 4 aromatic rings. The molecule has 2 heterocycles. The van der Waals surface area contributed by atoms with Gasteiger partial charge < -0.3 is 20.1 Å². The number of rotatable bonds is 6. The molecule has 0 fully saturated rings. The fourth-order valence-corrected chi connectivity index (χ4v) is 3.84. The number of hydrogen-bond donors (Lipinski definition) is 3. The largest absolute Gasteiger partial charge is 0.497 e. The second-order valence-electron chi connectivity index (χ2n) is 6.34. The summed E-state index contributed by atoms with van der Waals surface area (Å²) >= 11 is 1.31. The average molecular weight is 407 g/mol. The van der Waals surface area contributed by atoms with Crippen molar-refractivity contribution in [3.8, 4) is 17.0 Å². The highest BCUT2D eigenvalue weighted by molar-refractivity contribution is 7.14. The van der Waals surface area contributed by atoms with E-state index in [0.29, 0.717) is 10.7 Å². The zero-order chi connectivity index (χ0) is 20.4. The standard InChI is InChI=1S/C21H17N3O4S/c1-28-13-6-7-17-15(9-13)16(10-22-17)18-11-29-21(23-18)24-19(25)8-12-4-2-3-5-14(12)20(26)27/h2-7,9-11,22H,8H2,1H3,(H,26,27)(H,23,24,25). The van der Waals surface area contributed by atoms with Crippen LogP contribution in [-0.2, 0) is 11.2 Å². The Morgan fingerprint density at radius 2 is 2.07 bits per heavy atom. The monoisotopic (exact) mass is 407 g/mol. The molecule has 3 N–H and O–H groups in total. The molecule has 29 heavy (non-hydrogen) atoms. The summed E-state index contributed by atoms with van der Waals surface area (Å²) in [6.45, 7) is 0. The van der Waals surface area contributed by atoms with Crippen LogP contribution in [0.15, 0.2) is 54.0 Å². The summed E-state index contributed by atoms with van der Waals surface area (Å²) in [6.07, 6.45) is 1.83. The number of anilines is 1. The lowest BCUT2D eigenvalue weighted by Crippen LogP contribution is -2.16. The van der Waals surface area contributed by atoms with Crippen molar-refractivity contribution in [1.29, 1.82) is 0 Å². The predicted octanol–water partition coefficient (Wildman–Crippen LogP) is 4.18. The summed E-state index contributed by atoms with van der Waals surface area (Å²) < 4.78 is 5.29. The Hall–Kier alpha value is -3.65. The number of nitrogens with one attached hydrogen (secondary N) is 2. The van der Waals surface area contributed by atoms with Crippen molar-refractivity contribution in [3.05, 3.63) is 65.2 Å². The van der Waals surface area contributed by atoms with E-state index >= 15 is 0 Å². The normalized spacial score (nSPS) is 10.8. The third kappa shape index (κ3) is 3.83. The van der Waals surface area contributed by atoms with Gasteiger partial charge in [-0.2, -0.15) is 0 Å². The summed E-state index contributed by atoms with van der Waals surface area (Å²) in [4.78, 5) is 31.4. The Morgan fingerprint density at radius 1 is 1.24 bits per heavy atom. The molecular weight excluding hydrogens is 390 g/mol. The lowest BCUT2D eigenvalue weighted by atomic mass is 10.0. The molecular formula is C21H17N3O4S. The van der Waals surface area contributed by atoms with Gasteiger partial charge in [-0.25, -0.2) is 9.78 Å². The van der Waals surface area contributed by atoms with E-state index in [1.165, 1.54) is 17.4 Å². The number of aromatic nitrogens is 2. The van der Waals surface area contributed by atoms with Crippen LogP contribution in [-0.4, -0.2) is 34.1 Å². The zero-order valence-corrected chi connectivity index (χ0v) is 16.2.